The molecular weight excluding hydrogens is 300 g/mol. The van der Waals surface area contributed by atoms with Gasteiger partial charge in [-0.1, -0.05) is 18.2 Å². The Morgan fingerprint density at radius 2 is 2.09 bits per heavy atom. The molecule has 0 saturated heterocycles. The fourth-order valence-electron chi connectivity index (χ4n) is 2.00. The Balaban J connectivity index is 2.01. The number of benzene rings is 1. The normalized spacial score (nSPS) is 11.5. The summed E-state index contributed by atoms with van der Waals surface area (Å²) >= 11 is 1.22. The third-order valence-electron chi connectivity index (χ3n) is 2.91. The number of rotatable bonds is 5. The average molecular weight is 314 g/mol. The number of hydrogen-bond acceptors (Lipinski definition) is 6. The molecule has 0 atom stereocenters. The maximum Gasteiger partial charge on any atom is 0.298 e. The molecule has 1 aromatic carbocycles. The number of hydrogen-bond donors (Lipinski definition) is 0. The third-order valence-corrected chi connectivity index (χ3v) is 3.59. The van der Waals surface area contributed by atoms with E-state index in [1.54, 1.807) is 19.6 Å². The highest BCUT2D eigenvalue weighted by Crippen LogP contribution is 2.34. The van der Waals surface area contributed by atoms with E-state index in [1.807, 2.05) is 43.3 Å². The minimum atomic E-state index is 0.501. The van der Waals surface area contributed by atoms with Crippen molar-refractivity contribution in [1.29, 1.82) is 0 Å². The molecule has 5 nitrogen and oxygen atoms in total. The molecule has 2 aromatic heterocycles. The van der Waals surface area contributed by atoms with E-state index in [-0.39, 0.29) is 0 Å². The average Bonchev–Trinajstić information content (AvgIpc) is 3.18. The second kappa shape index (κ2) is 6.44. The largest absolute Gasteiger partial charge is 0.504 e. The Labute approximate surface area is 132 Å². The van der Waals surface area contributed by atoms with Gasteiger partial charge in [-0.25, -0.2) is 0 Å². The maximum atomic E-state index is 5.86. The number of furan rings is 1. The van der Waals surface area contributed by atoms with Gasteiger partial charge in [-0.15, -0.1) is 0 Å². The first-order valence-corrected chi connectivity index (χ1v) is 7.39. The Morgan fingerprint density at radius 1 is 1.23 bits per heavy atom. The van der Waals surface area contributed by atoms with Gasteiger partial charge in [0, 0.05) is 17.1 Å². The summed E-state index contributed by atoms with van der Waals surface area (Å²) in [5.41, 5.74) is 1.65. The topological polar surface area (TPSA) is 57.4 Å². The van der Waals surface area contributed by atoms with Gasteiger partial charge in [-0.3, -0.25) is 0 Å². The standard InChI is InChI=1S/C16H14N2O3S/c1-11-17-16(22-18-11)21-15-7-4-3-6-12(15)13(10-19-2)14-8-5-9-20-14/h3-10H,1-2H3. The molecule has 0 aliphatic rings. The van der Waals surface area contributed by atoms with Crippen molar-refractivity contribution in [3.05, 3.63) is 66.1 Å². The Morgan fingerprint density at radius 3 is 2.77 bits per heavy atom. The van der Waals surface area contributed by atoms with Gasteiger partial charge in [0.15, 0.2) is 0 Å². The summed E-state index contributed by atoms with van der Waals surface area (Å²) in [6.45, 7) is 1.83. The van der Waals surface area contributed by atoms with Gasteiger partial charge in [-0.2, -0.15) is 9.36 Å². The summed E-state index contributed by atoms with van der Waals surface area (Å²) in [4.78, 5) is 4.23. The Hall–Kier alpha value is -2.60. The highest BCUT2D eigenvalue weighted by Gasteiger charge is 2.15. The summed E-state index contributed by atoms with van der Waals surface area (Å²) in [6, 6.07) is 11.3. The van der Waals surface area contributed by atoms with Crippen LogP contribution in [0.25, 0.3) is 5.57 Å². The van der Waals surface area contributed by atoms with Crippen LogP contribution in [0, 0.1) is 6.92 Å². The molecular formula is C16H14N2O3S. The predicted molar refractivity (Wildman–Crippen MR) is 84.0 cm³/mol. The van der Waals surface area contributed by atoms with Gasteiger partial charge in [0.2, 0.25) is 0 Å². The van der Waals surface area contributed by atoms with Crippen molar-refractivity contribution in [1.82, 2.24) is 9.36 Å². The maximum absolute atomic E-state index is 5.86. The number of methoxy groups -OCH3 is 1. The minimum absolute atomic E-state index is 0.501. The summed E-state index contributed by atoms with van der Waals surface area (Å²) in [5.74, 6) is 2.06. The zero-order chi connectivity index (χ0) is 15.4. The van der Waals surface area contributed by atoms with Gasteiger partial charge in [0.05, 0.1) is 25.2 Å². The Kier molecular flexibility index (Phi) is 4.20. The van der Waals surface area contributed by atoms with Gasteiger partial charge >= 0.3 is 0 Å². The zero-order valence-electron chi connectivity index (χ0n) is 12.1. The first-order valence-electron chi connectivity index (χ1n) is 6.62. The quantitative estimate of drug-likeness (QED) is 0.658. The lowest BCUT2D eigenvalue weighted by Crippen LogP contribution is -1.93. The molecule has 0 aliphatic carbocycles. The number of aryl methyl sites for hydroxylation is 1. The molecule has 0 saturated carbocycles. The van der Waals surface area contributed by atoms with Crippen molar-refractivity contribution >= 4 is 17.1 Å². The zero-order valence-corrected chi connectivity index (χ0v) is 13.0. The summed E-state index contributed by atoms with van der Waals surface area (Å²) in [6.07, 6.45) is 3.25. The fraction of sp³-hybridized carbons (Fsp3) is 0.125. The van der Waals surface area contributed by atoms with Gasteiger partial charge < -0.3 is 13.9 Å². The number of ether oxygens (including phenoxy) is 2. The van der Waals surface area contributed by atoms with Crippen molar-refractivity contribution in [2.24, 2.45) is 0 Å². The second-order valence-electron chi connectivity index (χ2n) is 4.45. The molecule has 0 fully saturated rings. The number of aromatic nitrogens is 2. The number of nitrogens with zero attached hydrogens (tertiary/aromatic N) is 2. The fourth-order valence-corrected chi connectivity index (χ4v) is 2.55. The molecule has 6 heteroatoms. The van der Waals surface area contributed by atoms with Crippen LogP contribution in [0.2, 0.25) is 0 Å². The smallest absolute Gasteiger partial charge is 0.298 e. The van der Waals surface area contributed by atoms with E-state index in [0.717, 1.165) is 11.1 Å². The van der Waals surface area contributed by atoms with Crippen LogP contribution >= 0.6 is 11.5 Å². The van der Waals surface area contributed by atoms with Gasteiger partial charge in [0.25, 0.3) is 5.19 Å². The monoisotopic (exact) mass is 314 g/mol. The van der Waals surface area contributed by atoms with Crippen LogP contribution in [0.4, 0.5) is 0 Å². The van der Waals surface area contributed by atoms with Gasteiger partial charge in [-0.05, 0) is 25.1 Å². The Bertz CT molecular complexity index is 778. The van der Waals surface area contributed by atoms with Crippen LogP contribution < -0.4 is 4.74 Å². The van der Waals surface area contributed by atoms with Crippen LogP contribution in [0.1, 0.15) is 17.1 Å². The van der Waals surface area contributed by atoms with Crippen LogP contribution in [0.3, 0.4) is 0 Å². The molecule has 0 aliphatic heterocycles. The van der Waals surface area contributed by atoms with E-state index in [1.165, 1.54) is 11.5 Å². The van der Waals surface area contributed by atoms with E-state index in [4.69, 9.17) is 13.9 Å². The minimum Gasteiger partial charge on any atom is -0.504 e. The molecule has 112 valence electrons. The highest BCUT2D eigenvalue weighted by molar-refractivity contribution is 7.07. The van der Waals surface area contributed by atoms with E-state index in [0.29, 0.717) is 22.5 Å². The van der Waals surface area contributed by atoms with Crippen molar-refractivity contribution in [3.63, 3.8) is 0 Å². The first kappa shape index (κ1) is 14.3. The molecule has 0 unspecified atom stereocenters. The summed E-state index contributed by atoms with van der Waals surface area (Å²) in [5, 5.41) is 0.501. The molecule has 0 bridgehead atoms. The van der Waals surface area contributed by atoms with Crippen LogP contribution in [-0.2, 0) is 4.74 Å². The van der Waals surface area contributed by atoms with Crippen molar-refractivity contribution in [2.45, 2.75) is 6.92 Å². The highest BCUT2D eigenvalue weighted by atomic mass is 32.1. The molecule has 0 amide bonds. The molecule has 3 aromatic rings. The lowest BCUT2D eigenvalue weighted by molar-refractivity contribution is 0.338. The van der Waals surface area contributed by atoms with Crippen LogP contribution in [0.15, 0.2) is 53.3 Å². The first-order chi connectivity index (χ1) is 10.8. The molecule has 0 spiro atoms. The van der Waals surface area contributed by atoms with Crippen molar-refractivity contribution in [3.8, 4) is 10.9 Å². The van der Waals surface area contributed by atoms with Crippen molar-refractivity contribution in [2.75, 3.05) is 7.11 Å². The van der Waals surface area contributed by atoms with E-state index in [9.17, 15) is 0 Å². The summed E-state index contributed by atoms with van der Waals surface area (Å²) in [7, 11) is 1.60. The molecule has 0 radical (unpaired) electrons. The number of para-hydroxylation sites is 1. The molecule has 22 heavy (non-hydrogen) atoms. The molecule has 2 heterocycles. The SMILES string of the molecule is COC=C(c1ccco1)c1ccccc1Oc1nc(C)ns1. The van der Waals surface area contributed by atoms with Gasteiger partial charge in [0.1, 0.15) is 17.3 Å². The van der Waals surface area contributed by atoms with Crippen molar-refractivity contribution < 1.29 is 13.9 Å². The van der Waals surface area contributed by atoms with E-state index < -0.39 is 0 Å². The third kappa shape index (κ3) is 3.01. The van der Waals surface area contributed by atoms with E-state index in [2.05, 4.69) is 9.36 Å². The molecule has 3 rings (SSSR count). The lowest BCUT2D eigenvalue weighted by Gasteiger charge is -2.10. The molecule has 0 N–H and O–H groups in total. The van der Waals surface area contributed by atoms with Crippen LogP contribution in [-0.4, -0.2) is 16.5 Å². The van der Waals surface area contributed by atoms with Crippen LogP contribution in [0.5, 0.6) is 10.9 Å². The summed E-state index contributed by atoms with van der Waals surface area (Å²) < 4.78 is 20.7. The predicted octanol–water partition coefficient (Wildman–Crippen LogP) is 4.27. The second-order valence-corrected chi connectivity index (χ2v) is 5.16. The lowest BCUT2D eigenvalue weighted by atomic mass is 10.0. The van der Waals surface area contributed by atoms with E-state index >= 15 is 0 Å².